The molecule has 0 bridgehead atoms. The smallest absolute Gasteiger partial charge is 0.223 e. The lowest BCUT2D eigenvalue weighted by atomic mass is 9.84. The molecule has 0 spiro atoms. The van der Waals surface area contributed by atoms with E-state index in [0.717, 1.165) is 44.5 Å². The third kappa shape index (κ3) is 4.00. The van der Waals surface area contributed by atoms with Crippen molar-refractivity contribution in [1.82, 2.24) is 4.90 Å². The van der Waals surface area contributed by atoms with Crippen molar-refractivity contribution in [2.24, 2.45) is 17.6 Å². The molecule has 2 saturated heterocycles. The molecule has 126 valence electrons. The maximum Gasteiger partial charge on any atom is 0.223 e. The number of nitrogens with zero attached hydrogens (tertiary/aromatic N) is 1. The Morgan fingerprint density at radius 2 is 2.00 bits per heavy atom. The van der Waals surface area contributed by atoms with Crippen molar-refractivity contribution in [3.8, 4) is 0 Å². The van der Waals surface area contributed by atoms with Gasteiger partial charge in [0.15, 0.2) is 0 Å². The van der Waals surface area contributed by atoms with Gasteiger partial charge in [-0.15, -0.1) is 0 Å². The number of benzene rings is 1. The van der Waals surface area contributed by atoms with Gasteiger partial charge in [0.25, 0.3) is 0 Å². The van der Waals surface area contributed by atoms with E-state index in [1.165, 1.54) is 0 Å². The summed E-state index contributed by atoms with van der Waals surface area (Å²) in [6.45, 7) is 3.44. The van der Waals surface area contributed by atoms with Gasteiger partial charge in [-0.3, -0.25) is 9.69 Å². The van der Waals surface area contributed by atoms with Crippen molar-refractivity contribution in [2.75, 3.05) is 19.7 Å². The van der Waals surface area contributed by atoms with Crippen LogP contribution >= 0.6 is 23.2 Å². The molecule has 2 N–H and O–H groups in total. The molecule has 1 aromatic rings. The highest BCUT2D eigenvalue weighted by Crippen LogP contribution is 2.33. The summed E-state index contributed by atoms with van der Waals surface area (Å²) in [7, 11) is 0. The van der Waals surface area contributed by atoms with Crippen LogP contribution in [0.25, 0.3) is 0 Å². The first-order valence-electron chi connectivity index (χ1n) is 8.12. The van der Waals surface area contributed by atoms with Gasteiger partial charge in [-0.25, -0.2) is 0 Å². The van der Waals surface area contributed by atoms with E-state index in [1.807, 2.05) is 12.1 Å². The lowest BCUT2D eigenvalue weighted by Gasteiger charge is -2.35. The molecule has 0 unspecified atom stereocenters. The number of piperidine rings is 1. The zero-order valence-corrected chi connectivity index (χ0v) is 14.5. The van der Waals surface area contributed by atoms with Gasteiger partial charge in [-0.05, 0) is 56.0 Å². The molecule has 2 aliphatic rings. The number of halogens is 2. The molecule has 1 amide bonds. The van der Waals surface area contributed by atoms with Crippen LogP contribution in [-0.2, 0) is 16.1 Å². The van der Waals surface area contributed by atoms with Gasteiger partial charge in [0, 0.05) is 23.2 Å². The second-order valence-electron chi connectivity index (χ2n) is 6.48. The maximum atomic E-state index is 11.5. The first kappa shape index (κ1) is 17.0. The van der Waals surface area contributed by atoms with Gasteiger partial charge in [-0.1, -0.05) is 29.3 Å². The fraction of sp³-hybridized carbons (Fsp3) is 0.588. The van der Waals surface area contributed by atoms with Crippen LogP contribution in [0.2, 0.25) is 10.0 Å². The second kappa shape index (κ2) is 7.39. The monoisotopic (exact) mass is 356 g/mol. The Balaban J connectivity index is 1.55. The molecule has 0 saturated carbocycles. The van der Waals surface area contributed by atoms with Crippen LogP contribution in [0.4, 0.5) is 0 Å². The first-order valence-corrected chi connectivity index (χ1v) is 8.87. The summed E-state index contributed by atoms with van der Waals surface area (Å²) in [6.07, 6.45) is 2.83. The Bertz CT molecular complexity index is 574. The molecule has 3 rings (SSSR count). The molecule has 0 aliphatic carbocycles. The molecule has 1 aromatic carbocycles. The van der Waals surface area contributed by atoms with E-state index in [2.05, 4.69) is 4.90 Å². The van der Waals surface area contributed by atoms with E-state index >= 15 is 0 Å². The number of nitrogens with two attached hydrogens (primary N) is 1. The van der Waals surface area contributed by atoms with Crippen LogP contribution < -0.4 is 5.73 Å². The van der Waals surface area contributed by atoms with Crippen molar-refractivity contribution in [3.63, 3.8) is 0 Å². The van der Waals surface area contributed by atoms with E-state index in [-0.39, 0.29) is 17.9 Å². The van der Waals surface area contributed by atoms with Crippen LogP contribution in [0.3, 0.4) is 0 Å². The standard InChI is InChI=1S/C17H22Cl2N2O2/c18-13-2-1-12(15(19)9-13)10-21-6-3-11(4-7-21)16-14(17(20)22)5-8-23-16/h1-2,9,11,14,16H,3-8,10H2,(H2,20,22)/t14-,16+/m0/s1. The molecule has 0 radical (unpaired) electrons. The number of carbonyl (C=O) groups excluding carboxylic acids is 1. The van der Waals surface area contributed by atoms with Crippen molar-refractivity contribution in [3.05, 3.63) is 33.8 Å². The third-order valence-electron chi connectivity index (χ3n) is 5.01. The molecule has 2 heterocycles. The fourth-order valence-electron chi connectivity index (χ4n) is 3.71. The van der Waals surface area contributed by atoms with E-state index < -0.39 is 0 Å². The maximum absolute atomic E-state index is 11.5. The van der Waals surface area contributed by atoms with Crippen molar-refractivity contribution < 1.29 is 9.53 Å². The van der Waals surface area contributed by atoms with Gasteiger partial charge in [0.05, 0.1) is 12.0 Å². The summed E-state index contributed by atoms with van der Waals surface area (Å²) in [4.78, 5) is 13.9. The lowest BCUT2D eigenvalue weighted by Crippen LogP contribution is -2.41. The summed E-state index contributed by atoms with van der Waals surface area (Å²) in [6, 6.07) is 5.65. The minimum atomic E-state index is -0.220. The summed E-state index contributed by atoms with van der Waals surface area (Å²) < 4.78 is 5.80. The van der Waals surface area contributed by atoms with Crippen LogP contribution in [0.5, 0.6) is 0 Å². The van der Waals surface area contributed by atoms with E-state index in [1.54, 1.807) is 6.07 Å². The topological polar surface area (TPSA) is 55.6 Å². The summed E-state index contributed by atoms with van der Waals surface area (Å²) in [5.74, 6) is 0.0899. The molecule has 2 fully saturated rings. The number of primary amides is 1. The van der Waals surface area contributed by atoms with Crippen LogP contribution in [0, 0.1) is 11.8 Å². The van der Waals surface area contributed by atoms with Crippen LogP contribution in [0.15, 0.2) is 18.2 Å². The Morgan fingerprint density at radius 3 is 2.65 bits per heavy atom. The van der Waals surface area contributed by atoms with Gasteiger partial charge in [-0.2, -0.15) is 0 Å². The summed E-state index contributed by atoms with van der Waals surface area (Å²) >= 11 is 12.2. The predicted molar refractivity (Wildman–Crippen MR) is 91.5 cm³/mol. The molecular weight excluding hydrogens is 335 g/mol. The highest BCUT2D eigenvalue weighted by atomic mass is 35.5. The number of rotatable bonds is 4. The van der Waals surface area contributed by atoms with Crippen molar-refractivity contribution >= 4 is 29.1 Å². The number of ether oxygens (including phenoxy) is 1. The van der Waals surface area contributed by atoms with E-state index in [0.29, 0.717) is 22.6 Å². The molecule has 2 aliphatic heterocycles. The molecule has 23 heavy (non-hydrogen) atoms. The van der Waals surface area contributed by atoms with Crippen molar-refractivity contribution in [1.29, 1.82) is 0 Å². The predicted octanol–water partition coefficient (Wildman–Crippen LogP) is 3.10. The number of amides is 1. The number of carbonyl (C=O) groups is 1. The fourth-order valence-corrected chi connectivity index (χ4v) is 4.18. The lowest BCUT2D eigenvalue weighted by molar-refractivity contribution is -0.124. The average molecular weight is 357 g/mol. The van der Waals surface area contributed by atoms with Gasteiger partial charge in [0.1, 0.15) is 0 Å². The van der Waals surface area contributed by atoms with E-state index in [9.17, 15) is 4.79 Å². The minimum absolute atomic E-state index is 0.00812. The van der Waals surface area contributed by atoms with Crippen molar-refractivity contribution in [2.45, 2.75) is 31.9 Å². The summed E-state index contributed by atoms with van der Waals surface area (Å²) in [5, 5.41) is 1.38. The Labute approximate surface area is 146 Å². The highest BCUT2D eigenvalue weighted by molar-refractivity contribution is 6.35. The number of hydrogen-bond donors (Lipinski definition) is 1. The van der Waals surface area contributed by atoms with E-state index in [4.69, 9.17) is 33.7 Å². The average Bonchev–Trinajstić information content (AvgIpc) is 3.00. The zero-order chi connectivity index (χ0) is 16.4. The zero-order valence-electron chi connectivity index (χ0n) is 13.0. The van der Waals surface area contributed by atoms with Crippen LogP contribution in [0.1, 0.15) is 24.8 Å². The number of hydrogen-bond acceptors (Lipinski definition) is 3. The SMILES string of the molecule is NC(=O)[C@H]1CCO[C@@H]1C1CCN(Cc2ccc(Cl)cc2Cl)CC1. The van der Waals surface area contributed by atoms with Crippen LogP contribution in [-0.4, -0.2) is 36.6 Å². The molecule has 4 nitrogen and oxygen atoms in total. The second-order valence-corrected chi connectivity index (χ2v) is 7.33. The Kier molecular flexibility index (Phi) is 5.47. The van der Waals surface area contributed by atoms with Gasteiger partial charge < -0.3 is 10.5 Å². The normalized spacial score (nSPS) is 26.5. The molecule has 6 heteroatoms. The molecule has 0 aromatic heterocycles. The largest absolute Gasteiger partial charge is 0.377 e. The highest BCUT2D eigenvalue weighted by Gasteiger charge is 2.39. The third-order valence-corrected chi connectivity index (χ3v) is 5.59. The minimum Gasteiger partial charge on any atom is -0.377 e. The summed E-state index contributed by atoms with van der Waals surface area (Å²) in [5.41, 5.74) is 6.60. The van der Waals surface area contributed by atoms with Gasteiger partial charge >= 0.3 is 0 Å². The number of likely N-dealkylation sites (tertiary alicyclic amines) is 1. The quantitative estimate of drug-likeness (QED) is 0.901. The Morgan fingerprint density at radius 1 is 1.26 bits per heavy atom. The molecular formula is C17H22Cl2N2O2. The molecule has 2 atom stereocenters. The Hall–Kier alpha value is -0.810. The first-order chi connectivity index (χ1) is 11.0. The van der Waals surface area contributed by atoms with Gasteiger partial charge in [0.2, 0.25) is 5.91 Å².